The number of hydrogen-bond donors (Lipinski definition) is 0. The van der Waals surface area contributed by atoms with Gasteiger partial charge in [0.05, 0.1) is 0 Å². The Balaban J connectivity index is 2.22. The van der Waals surface area contributed by atoms with Gasteiger partial charge in [-0.15, -0.1) is 0 Å². The van der Waals surface area contributed by atoms with E-state index in [1.54, 1.807) is 16.5 Å². The summed E-state index contributed by atoms with van der Waals surface area (Å²) in [6.45, 7) is 5.67. The van der Waals surface area contributed by atoms with Gasteiger partial charge in [-0.3, -0.25) is 0 Å². The Morgan fingerprint density at radius 1 is 0.833 bits per heavy atom. The van der Waals surface area contributed by atoms with E-state index in [-0.39, 0.29) is 0 Å². The average Bonchev–Trinajstić information content (AvgIpc) is 3.20. The normalized spacial score (nSPS) is 14.7. The largest absolute Gasteiger partial charge is 0.305 e. The fraction of sp³-hybridized carbons (Fsp3) is 0.357. The van der Waals surface area contributed by atoms with Gasteiger partial charge in [0.25, 0.3) is 0 Å². The molecule has 0 bridgehead atoms. The molecule has 1 nitrogen and oxygen atoms in total. The van der Waals surface area contributed by atoms with Gasteiger partial charge in [-0.25, -0.2) is 0 Å². The summed E-state index contributed by atoms with van der Waals surface area (Å²) in [5.41, 5.74) is 4.74. The summed E-state index contributed by atoms with van der Waals surface area (Å²) in [6.07, 6.45) is 10.5. The molecule has 0 fully saturated rings. The molecule has 1 aliphatic rings. The first-order valence-corrected chi connectivity index (χ1v) is 12.7. The molecule has 1 aliphatic carbocycles. The van der Waals surface area contributed by atoms with Gasteiger partial charge in [-0.1, -0.05) is 99.5 Å². The number of rotatable bonds is 10. The molecule has 0 amide bonds. The molecule has 0 aliphatic heterocycles. The van der Waals surface area contributed by atoms with Crippen molar-refractivity contribution in [2.24, 2.45) is 0 Å². The second kappa shape index (κ2) is 11.4. The maximum atomic E-state index is 2.36. The average molecular weight is 418 g/mol. The van der Waals surface area contributed by atoms with Gasteiger partial charge in [0.15, 0.2) is 0 Å². The first-order chi connectivity index (χ1) is 14.7. The van der Waals surface area contributed by atoms with Crippen LogP contribution in [0.15, 0.2) is 94.8 Å². The molecular weight excluding hydrogens is 381 g/mol. The van der Waals surface area contributed by atoms with Crippen LogP contribution in [0.25, 0.3) is 0 Å². The maximum Gasteiger partial charge on any atom is 0.0230 e. The highest BCUT2D eigenvalue weighted by molar-refractivity contribution is 7.76. The molecule has 2 heteroatoms. The van der Waals surface area contributed by atoms with Crippen molar-refractivity contribution < 1.29 is 0 Å². The van der Waals surface area contributed by atoms with Gasteiger partial charge < -0.3 is 4.90 Å². The number of benzene rings is 2. The van der Waals surface area contributed by atoms with Crippen LogP contribution in [0.4, 0.5) is 0 Å². The second-order valence-electron chi connectivity index (χ2n) is 8.28. The van der Waals surface area contributed by atoms with E-state index in [2.05, 4.69) is 106 Å². The molecule has 2 aromatic rings. The highest BCUT2D eigenvalue weighted by atomic mass is 31.1. The molecular formula is C28H36NP. The standard InChI is InChI=1S/C28H36NP/c1-5-14-27(26-21-13-16-23(26)22-29(3)4)28(15-6-2)30(24-17-9-7-10-18-24)25-19-11-8-12-20-25/h7-13,16-20H,5-6,14-15,21-22H2,1-4H3. The number of likely N-dealkylation sites (N-methyl/N-ethyl adjacent to an activating group) is 1. The number of hydrogen-bond acceptors (Lipinski definition) is 1. The molecule has 30 heavy (non-hydrogen) atoms. The van der Waals surface area contributed by atoms with Crippen LogP contribution in [0.2, 0.25) is 0 Å². The Hall–Kier alpha value is -1.95. The lowest BCUT2D eigenvalue weighted by Gasteiger charge is -2.27. The molecule has 0 spiro atoms. The quantitative estimate of drug-likeness (QED) is 0.385. The molecule has 0 aromatic heterocycles. The van der Waals surface area contributed by atoms with Crippen LogP contribution in [0.5, 0.6) is 0 Å². The first-order valence-electron chi connectivity index (χ1n) is 11.3. The molecule has 0 saturated carbocycles. The zero-order chi connectivity index (χ0) is 21.3. The summed E-state index contributed by atoms with van der Waals surface area (Å²) in [7, 11) is 3.83. The van der Waals surface area contributed by atoms with E-state index >= 15 is 0 Å². The lowest BCUT2D eigenvalue weighted by Crippen LogP contribution is -2.17. The summed E-state index contributed by atoms with van der Waals surface area (Å²) in [4.78, 5) is 2.30. The molecule has 158 valence electrons. The van der Waals surface area contributed by atoms with Crippen LogP contribution in [0.3, 0.4) is 0 Å². The molecule has 2 aromatic carbocycles. The van der Waals surface area contributed by atoms with Crippen molar-refractivity contribution >= 4 is 18.5 Å². The van der Waals surface area contributed by atoms with Crippen molar-refractivity contribution in [2.45, 2.75) is 46.0 Å². The van der Waals surface area contributed by atoms with Crippen molar-refractivity contribution in [3.63, 3.8) is 0 Å². The topological polar surface area (TPSA) is 3.24 Å². The summed E-state index contributed by atoms with van der Waals surface area (Å²) in [5, 5.41) is 4.62. The van der Waals surface area contributed by atoms with E-state index in [9.17, 15) is 0 Å². The van der Waals surface area contributed by atoms with E-state index in [4.69, 9.17) is 0 Å². The van der Waals surface area contributed by atoms with E-state index in [1.807, 2.05) is 0 Å². The monoisotopic (exact) mass is 417 g/mol. The predicted octanol–water partition coefficient (Wildman–Crippen LogP) is 6.79. The van der Waals surface area contributed by atoms with Crippen LogP contribution in [0, 0.1) is 0 Å². The van der Waals surface area contributed by atoms with Gasteiger partial charge >= 0.3 is 0 Å². The minimum atomic E-state index is -0.523. The van der Waals surface area contributed by atoms with Gasteiger partial charge in [-0.05, 0) is 73.9 Å². The summed E-state index contributed by atoms with van der Waals surface area (Å²) in [5.74, 6) is 0. The van der Waals surface area contributed by atoms with Crippen LogP contribution in [-0.2, 0) is 0 Å². The van der Waals surface area contributed by atoms with Gasteiger partial charge in [-0.2, -0.15) is 0 Å². The predicted molar refractivity (Wildman–Crippen MR) is 135 cm³/mol. The minimum absolute atomic E-state index is 0.523. The van der Waals surface area contributed by atoms with Crippen LogP contribution < -0.4 is 10.6 Å². The Kier molecular flexibility index (Phi) is 8.67. The van der Waals surface area contributed by atoms with Crippen molar-refractivity contribution in [3.8, 4) is 0 Å². The second-order valence-corrected chi connectivity index (χ2v) is 10.5. The lowest BCUT2D eigenvalue weighted by atomic mass is 9.95. The van der Waals surface area contributed by atoms with Crippen molar-refractivity contribution in [1.29, 1.82) is 0 Å². The Labute approximate surface area is 185 Å². The molecule has 0 unspecified atom stereocenters. The van der Waals surface area contributed by atoms with E-state index in [0.29, 0.717) is 0 Å². The number of nitrogens with zero attached hydrogens (tertiary/aromatic N) is 1. The highest BCUT2D eigenvalue weighted by Gasteiger charge is 2.24. The van der Waals surface area contributed by atoms with E-state index < -0.39 is 7.92 Å². The third-order valence-electron chi connectivity index (χ3n) is 5.51. The van der Waals surface area contributed by atoms with Crippen molar-refractivity contribution in [1.82, 2.24) is 4.90 Å². The van der Waals surface area contributed by atoms with E-state index in [0.717, 1.165) is 13.0 Å². The zero-order valence-electron chi connectivity index (χ0n) is 19.1. The zero-order valence-corrected chi connectivity index (χ0v) is 20.0. The van der Waals surface area contributed by atoms with Crippen molar-refractivity contribution in [3.05, 3.63) is 94.8 Å². The van der Waals surface area contributed by atoms with Crippen molar-refractivity contribution in [2.75, 3.05) is 20.6 Å². The Morgan fingerprint density at radius 3 is 1.90 bits per heavy atom. The van der Waals surface area contributed by atoms with Gasteiger partial charge in [0.1, 0.15) is 0 Å². The first kappa shape index (κ1) is 22.7. The maximum absolute atomic E-state index is 2.36. The minimum Gasteiger partial charge on any atom is -0.305 e. The molecule has 3 rings (SSSR count). The third-order valence-corrected chi connectivity index (χ3v) is 8.18. The summed E-state index contributed by atoms with van der Waals surface area (Å²) < 4.78 is 0. The summed E-state index contributed by atoms with van der Waals surface area (Å²) >= 11 is 0. The third kappa shape index (κ3) is 5.60. The molecule has 0 heterocycles. The lowest BCUT2D eigenvalue weighted by molar-refractivity contribution is 0.448. The Morgan fingerprint density at radius 2 is 1.40 bits per heavy atom. The fourth-order valence-corrected chi connectivity index (χ4v) is 7.15. The fourth-order valence-electron chi connectivity index (χ4n) is 4.33. The highest BCUT2D eigenvalue weighted by Crippen LogP contribution is 2.50. The van der Waals surface area contributed by atoms with Crippen LogP contribution >= 0.6 is 7.92 Å². The van der Waals surface area contributed by atoms with Gasteiger partial charge in [0.2, 0.25) is 0 Å². The summed E-state index contributed by atoms with van der Waals surface area (Å²) in [6, 6.07) is 22.4. The molecule has 0 N–H and O–H groups in total. The van der Waals surface area contributed by atoms with Crippen LogP contribution in [-0.4, -0.2) is 25.5 Å². The molecule has 0 atom stereocenters. The molecule has 0 saturated heterocycles. The van der Waals surface area contributed by atoms with Gasteiger partial charge in [0, 0.05) is 6.54 Å². The van der Waals surface area contributed by atoms with E-state index in [1.165, 1.54) is 41.9 Å². The Bertz CT molecular complexity index is 851. The van der Waals surface area contributed by atoms with Crippen LogP contribution in [0.1, 0.15) is 46.0 Å². The number of allylic oxidation sites excluding steroid dienone is 4. The smallest absolute Gasteiger partial charge is 0.0230 e. The SMILES string of the molecule is CCCC(C1=C(CN(C)C)C=CC1)=C(CCC)P(c1ccccc1)c1ccccc1. The molecule has 0 radical (unpaired) electrons.